The van der Waals surface area contributed by atoms with Crippen LogP contribution >= 0.6 is 0 Å². The minimum absolute atomic E-state index is 0.0297. The molecule has 0 fully saturated rings. The van der Waals surface area contributed by atoms with Crippen molar-refractivity contribution in [3.63, 3.8) is 0 Å². The van der Waals surface area contributed by atoms with E-state index >= 15 is 0 Å². The molecule has 1 aliphatic heterocycles. The van der Waals surface area contributed by atoms with Gasteiger partial charge in [0.2, 0.25) is 18.4 Å². The lowest BCUT2D eigenvalue weighted by molar-refractivity contribution is 0.0816. The predicted octanol–water partition coefficient (Wildman–Crippen LogP) is 3.91. The van der Waals surface area contributed by atoms with Gasteiger partial charge in [-0.1, -0.05) is 11.8 Å². The first-order valence-electron chi connectivity index (χ1n) is 9.95. The van der Waals surface area contributed by atoms with E-state index in [0.717, 1.165) is 5.56 Å². The van der Waals surface area contributed by atoms with Crippen molar-refractivity contribution in [2.24, 2.45) is 0 Å². The van der Waals surface area contributed by atoms with Crippen molar-refractivity contribution in [1.82, 2.24) is 0 Å². The van der Waals surface area contributed by atoms with E-state index in [-0.39, 0.29) is 17.9 Å². The summed E-state index contributed by atoms with van der Waals surface area (Å²) in [4.78, 5) is 26.2. The monoisotopic (exact) mass is 444 g/mol. The molecule has 7 heteroatoms. The van der Waals surface area contributed by atoms with Gasteiger partial charge in [-0.25, -0.2) is 0 Å². The molecular formula is C26H20O7. The molecule has 0 aliphatic carbocycles. The van der Waals surface area contributed by atoms with E-state index in [1.807, 2.05) is 0 Å². The van der Waals surface area contributed by atoms with Gasteiger partial charge in [-0.3, -0.25) is 9.59 Å². The second-order valence-electron chi connectivity index (χ2n) is 6.96. The van der Waals surface area contributed by atoms with Gasteiger partial charge in [0.15, 0.2) is 23.0 Å². The minimum Gasteiger partial charge on any atom is -0.497 e. The van der Waals surface area contributed by atoms with Crippen LogP contribution in [-0.4, -0.2) is 39.7 Å². The maximum Gasteiger partial charge on any atom is 0.234 e. The van der Waals surface area contributed by atoms with Crippen LogP contribution in [0.3, 0.4) is 0 Å². The molecular weight excluding hydrogens is 424 g/mol. The molecule has 0 saturated carbocycles. The van der Waals surface area contributed by atoms with Crippen LogP contribution in [-0.2, 0) is 0 Å². The Hall–Kier alpha value is -4.44. The van der Waals surface area contributed by atoms with Gasteiger partial charge in [0.1, 0.15) is 5.75 Å². The number of methoxy groups -OCH3 is 3. The topological polar surface area (TPSA) is 80.3 Å². The van der Waals surface area contributed by atoms with Gasteiger partial charge in [0.05, 0.1) is 21.3 Å². The van der Waals surface area contributed by atoms with E-state index in [2.05, 4.69) is 11.8 Å². The molecule has 1 aliphatic rings. The number of rotatable bonds is 6. The Kier molecular flexibility index (Phi) is 6.18. The van der Waals surface area contributed by atoms with Crippen molar-refractivity contribution in [3.8, 4) is 40.6 Å². The molecule has 0 spiro atoms. The lowest BCUT2D eigenvalue weighted by Crippen LogP contribution is -2.16. The van der Waals surface area contributed by atoms with E-state index in [0.29, 0.717) is 34.3 Å². The number of carbonyl (C=O) groups excluding carboxylic acids is 2. The number of hydrogen-bond acceptors (Lipinski definition) is 7. The average molecular weight is 444 g/mol. The third kappa shape index (κ3) is 4.46. The number of benzene rings is 3. The second-order valence-corrected chi connectivity index (χ2v) is 6.96. The van der Waals surface area contributed by atoms with Gasteiger partial charge in [0.25, 0.3) is 0 Å². The van der Waals surface area contributed by atoms with Crippen LogP contribution < -0.4 is 23.7 Å². The molecule has 0 aromatic heterocycles. The Morgan fingerprint density at radius 2 is 1.45 bits per heavy atom. The van der Waals surface area contributed by atoms with Crippen LogP contribution in [0.4, 0.5) is 0 Å². The summed E-state index contributed by atoms with van der Waals surface area (Å²) in [6.07, 6.45) is 0. The number of ether oxygens (including phenoxy) is 5. The quantitative estimate of drug-likeness (QED) is 0.324. The number of ketones is 2. The molecule has 0 atom stereocenters. The summed E-state index contributed by atoms with van der Waals surface area (Å²) in [6, 6.07) is 14.8. The number of Topliss-reactive ketones (excluding diaryl/α,β-unsaturated/α-hetero) is 2. The summed E-state index contributed by atoms with van der Waals surface area (Å²) in [7, 11) is 4.53. The Bertz CT molecular complexity index is 1280. The molecule has 0 amide bonds. The molecule has 166 valence electrons. The van der Waals surface area contributed by atoms with E-state index in [1.54, 1.807) is 43.5 Å². The highest BCUT2D eigenvalue weighted by Gasteiger charge is 2.26. The van der Waals surface area contributed by atoms with E-state index < -0.39 is 11.6 Å². The van der Waals surface area contributed by atoms with Crippen LogP contribution in [0, 0.1) is 11.8 Å². The lowest BCUT2D eigenvalue weighted by atomic mass is 9.96. The summed E-state index contributed by atoms with van der Waals surface area (Å²) < 4.78 is 26.4. The van der Waals surface area contributed by atoms with Gasteiger partial charge < -0.3 is 23.7 Å². The fourth-order valence-corrected chi connectivity index (χ4v) is 3.28. The maximum absolute atomic E-state index is 13.2. The Morgan fingerprint density at radius 1 is 0.758 bits per heavy atom. The summed E-state index contributed by atoms with van der Waals surface area (Å²) in [5, 5.41) is 0. The molecule has 3 aromatic rings. The van der Waals surface area contributed by atoms with E-state index in [1.165, 1.54) is 32.4 Å². The van der Waals surface area contributed by atoms with Crippen molar-refractivity contribution in [3.05, 3.63) is 76.9 Å². The zero-order valence-electron chi connectivity index (χ0n) is 18.3. The molecule has 0 N–H and O–H groups in total. The Balaban J connectivity index is 1.71. The number of hydrogen-bond donors (Lipinski definition) is 0. The standard InChI is InChI=1S/C26H20O7/c1-29-19-9-5-16(6-10-19)4-7-17-12-23-24(33-15-32-23)14-20(17)26(28)25(27)18-8-11-21(30-2)22(13-18)31-3/h5-6,8-14H,15H2,1-3H3. The average Bonchev–Trinajstić information content (AvgIpc) is 3.33. The first kappa shape index (κ1) is 21.8. The summed E-state index contributed by atoms with van der Waals surface area (Å²) in [5.41, 5.74) is 1.37. The third-order valence-electron chi connectivity index (χ3n) is 5.04. The number of fused-ring (bicyclic) bond motifs is 1. The van der Waals surface area contributed by atoms with Crippen LogP contribution in [0.15, 0.2) is 54.6 Å². The molecule has 0 unspecified atom stereocenters. The van der Waals surface area contributed by atoms with Crippen molar-refractivity contribution in [2.45, 2.75) is 0 Å². The molecule has 33 heavy (non-hydrogen) atoms. The highest BCUT2D eigenvalue weighted by molar-refractivity contribution is 6.49. The zero-order chi connectivity index (χ0) is 23.4. The van der Waals surface area contributed by atoms with Gasteiger partial charge in [-0.2, -0.15) is 0 Å². The summed E-state index contributed by atoms with van der Waals surface area (Å²) in [6.45, 7) is 0.0297. The second kappa shape index (κ2) is 9.37. The molecule has 4 rings (SSSR count). The smallest absolute Gasteiger partial charge is 0.234 e. The number of carbonyl (C=O) groups is 2. The van der Waals surface area contributed by atoms with Crippen molar-refractivity contribution in [1.29, 1.82) is 0 Å². The van der Waals surface area contributed by atoms with Crippen molar-refractivity contribution < 1.29 is 33.3 Å². The summed E-state index contributed by atoms with van der Waals surface area (Å²) >= 11 is 0. The molecule has 0 radical (unpaired) electrons. The summed E-state index contributed by atoms with van der Waals surface area (Å²) in [5.74, 6) is 6.92. The molecule has 0 bridgehead atoms. The Labute approximate surface area is 190 Å². The highest BCUT2D eigenvalue weighted by atomic mass is 16.7. The Morgan fingerprint density at radius 3 is 2.12 bits per heavy atom. The van der Waals surface area contributed by atoms with Crippen molar-refractivity contribution in [2.75, 3.05) is 28.1 Å². The van der Waals surface area contributed by atoms with Gasteiger partial charge >= 0.3 is 0 Å². The third-order valence-corrected chi connectivity index (χ3v) is 5.04. The highest BCUT2D eigenvalue weighted by Crippen LogP contribution is 2.35. The van der Waals surface area contributed by atoms with E-state index in [4.69, 9.17) is 23.7 Å². The van der Waals surface area contributed by atoms with Gasteiger partial charge in [-0.05, 0) is 48.5 Å². The minimum atomic E-state index is -0.723. The van der Waals surface area contributed by atoms with Crippen molar-refractivity contribution >= 4 is 11.6 Å². The largest absolute Gasteiger partial charge is 0.497 e. The first-order chi connectivity index (χ1) is 16.0. The first-order valence-corrected chi connectivity index (χ1v) is 9.95. The fraction of sp³-hybridized carbons (Fsp3) is 0.154. The van der Waals surface area contributed by atoms with Crippen LogP contribution in [0.2, 0.25) is 0 Å². The molecule has 1 heterocycles. The maximum atomic E-state index is 13.2. The van der Waals surface area contributed by atoms with Crippen LogP contribution in [0.1, 0.15) is 31.8 Å². The normalized spacial score (nSPS) is 11.2. The molecule has 0 saturated heterocycles. The zero-order valence-corrected chi connectivity index (χ0v) is 18.3. The fourth-order valence-electron chi connectivity index (χ4n) is 3.28. The molecule has 3 aromatic carbocycles. The van der Waals surface area contributed by atoms with E-state index in [9.17, 15) is 9.59 Å². The molecule has 7 nitrogen and oxygen atoms in total. The van der Waals surface area contributed by atoms with Gasteiger partial charge in [0, 0.05) is 28.3 Å². The lowest BCUT2D eigenvalue weighted by Gasteiger charge is -2.09. The van der Waals surface area contributed by atoms with Crippen LogP contribution in [0.5, 0.6) is 28.7 Å². The predicted molar refractivity (Wildman–Crippen MR) is 120 cm³/mol. The van der Waals surface area contributed by atoms with Gasteiger partial charge in [-0.15, -0.1) is 0 Å². The van der Waals surface area contributed by atoms with Crippen LogP contribution in [0.25, 0.3) is 0 Å². The SMILES string of the molecule is COc1ccc(C#Cc2cc3c(cc2C(=O)C(=O)c2ccc(OC)c(OC)c2)OCO3)cc1.